The van der Waals surface area contributed by atoms with E-state index in [2.05, 4.69) is 4.72 Å². The molecule has 0 saturated heterocycles. The Kier molecular flexibility index (Phi) is 5.01. The van der Waals surface area contributed by atoms with Crippen molar-refractivity contribution < 1.29 is 18.3 Å². The molecular formula is C14H21NO4S. The maximum atomic E-state index is 12.3. The largest absolute Gasteiger partial charge is 0.495 e. The third-order valence-electron chi connectivity index (χ3n) is 3.68. The highest BCUT2D eigenvalue weighted by atomic mass is 32.2. The van der Waals surface area contributed by atoms with Crippen LogP contribution in [-0.4, -0.2) is 33.3 Å². The Balaban J connectivity index is 2.04. The average Bonchev–Trinajstić information content (AvgIpc) is 2.45. The Morgan fingerprint density at radius 3 is 2.80 bits per heavy atom. The minimum absolute atomic E-state index is 0.152. The first-order valence-electron chi connectivity index (χ1n) is 6.83. The van der Waals surface area contributed by atoms with Crippen LogP contribution in [0.25, 0.3) is 0 Å². The molecule has 1 aromatic rings. The molecule has 1 aromatic carbocycles. The number of methoxy groups -OCH3 is 1. The van der Waals surface area contributed by atoms with E-state index in [1.807, 2.05) is 0 Å². The standard InChI is InChI=1S/C14H21NO4S/c1-19-13-7-2-3-8-14(13)20(17,18)15-10-11-5-4-6-12(16)9-11/h2-3,7-8,11-12,15-16H,4-6,9-10H2,1H3. The quantitative estimate of drug-likeness (QED) is 0.864. The summed E-state index contributed by atoms with van der Waals surface area (Å²) in [7, 11) is -2.13. The van der Waals surface area contributed by atoms with Gasteiger partial charge in [-0.1, -0.05) is 18.6 Å². The van der Waals surface area contributed by atoms with Crippen LogP contribution in [0.15, 0.2) is 29.2 Å². The summed E-state index contributed by atoms with van der Waals surface area (Å²) in [6.07, 6.45) is 3.07. The van der Waals surface area contributed by atoms with Gasteiger partial charge in [-0.3, -0.25) is 0 Å². The zero-order valence-corrected chi connectivity index (χ0v) is 12.4. The second-order valence-electron chi connectivity index (χ2n) is 5.19. The predicted molar refractivity (Wildman–Crippen MR) is 76.1 cm³/mol. The van der Waals surface area contributed by atoms with E-state index in [0.717, 1.165) is 19.3 Å². The number of hydrogen-bond donors (Lipinski definition) is 2. The van der Waals surface area contributed by atoms with Crippen molar-refractivity contribution in [3.8, 4) is 5.75 Å². The number of benzene rings is 1. The molecule has 1 saturated carbocycles. The first-order valence-corrected chi connectivity index (χ1v) is 8.32. The van der Waals surface area contributed by atoms with E-state index >= 15 is 0 Å². The fourth-order valence-electron chi connectivity index (χ4n) is 2.59. The molecule has 2 N–H and O–H groups in total. The minimum Gasteiger partial charge on any atom is -0.495 e. The van der Waals surface area contributed by atoms with Gasteiger partial charge in [0.2, 0.25) is 10.0 Å². The van der Waals surface area contributed by atoms with E-state index in [0.29, 0.717) is 18.7 Å². The second-order valence-corrected chi connectivity index (χ2v) is 6.92. The minimum atomic E-state index is -3.58. The van der Waals surface area contributed by atoms with Gasteiger partial charge in [0.15, 0.2) is 0 Å². The summed E-state index contributed by atoms with van der Waals surface area (Å²) < 4.78 is 32.3. The van der Waals surface area contributed by atoms with Gasteiger partial charge in [0.1, 0.15) is 10.6 Å². The number of aliphatic hydroxyl groups excluding tert-OH is 1. The van der Waals surface area contributed by atoms with Gasteiger partial charge in [0, 0.05) is 6.54 Å². The Hall–Kier alpha value is -1.11. The molecule has 1 fully saturated rings. The van der Waals surface area contributed by atoms with E-state index in [1.54, 1.807) is 18.2 Å². The van der Waals surface area contributed by atoms with Crippen molar-refractivity contribution in [1.82, 2.24) is 4.72 Å². The van der Waals surface area contributed by atoms with Crippen LogP contribution in [0.3, 0.4) is 0 Å². The molecule has 0 heterocycles. The highest BCUT2D eigenvalue weighted by Crippen LogP contribution is 2.25. The lowest BCUT2D eigenvalue weighted by Crippen LogP contribution is -2.33. The molecule has 2 atom stereocenters. The topological polar surface area (TPSA) is 75.6 Å². The van der Waals surface area contributed by atoms with Gasteiger partial charge in [-0.05, 0) is 37.3 Å². The van der Waals surface area contributed by atoms with E-state index in [-0.39, 0.29) is 16.9 Å². The van der Waals surface area contributed by atoms with Crippen LogP contribution in [0.1, 0.15) is 25.7 Å². The smallest absolute Gasteiger partial charge is 0.244 e. The van der Waals surface area contributed by atoms with Crippen LogP contribution < -0.4 is 9.46 Å². The molecule has 2 rings (SSSR count). The zero-order chi connectivity index (χ0) is 14.6. The number of nitrogens with one attached hydrogen (secondary N) is 1. The maximum Gasteiger partial charge on any atom is 0.244 e. The van der Waals surface area contributed by atoms with Crippen LogP contribution in [0.2, 0.25) is 0 Å². The van der Waals surface area contributed by atoms with Crippen molar-refractivity contribution in [3.63, 3.8) is 0 Å². The molecule has 5 nitrogen and oxygen atoms in total. The normalized spacial score (nSPS) is 23.5. The number of hydrogen-bond acceptors (Lipinski definition) is 4. The molecule has 0 bridgehead atoms. The Labute approximate surface area is 120 Å². The van der Waals surface area contributed by atoms with Crippen LogP contribution in [0, 0.1) is 5.92 Å². The van der Waals surface area contributed by atoms with Gasteiger partial charge < -0.3 is 9.84 Å². The SMILES string of the molecule is COc1ccccc1S(=O)(=O)NCC1CCCC(O)C1. The van der Waals surface area contributed by atoms with Crippen molar-refractivity contribution in [1.29, 1.82) is 0 Å². The summed E-state index contributed by atoms with van der Waals surface area (Å²) in [5.41, 5.74) is 0. The summed E-state index contributed by atoms with van der Waals surface area (Å²) in [6.45, 7) is 0.359. The molecule has 20 heavy (non-hydrogen) atoms. The van der Waals surface area contributed by atoms with Crippen molar-refractivity contribution >= 4 is 10.0 Å². The molecule has 0 spiro atoms. The molecule has 0 aliphatic heterocycles. The highest BCUT2D eigenvalue weighted by Gasteiger charge is 2.24. The van der Waals surface area contributed by atoms with Gasteiger partial charge in [0.25, 0.3) is 0 Å². The van der Waals surface area contributed by atoms with Gasteiger partial charge in [0.05, 0.1) is 13.2 Å². The van der Waals surface area contributed by atoms with E-state index in [4.69, 9.17) is 4.74 Å². The Morgan fingerprint density at radius 1 is 1.35 bits per heavy atom. The summed E-state index contributed by atoms with van der Waals surface area (Å²) in [6, 6.07) is 6.55. The summed E-state index contributed by atoms with van der Waals surface area (Å²) in [4.78, 5) is 0.152. The third kappa shape index (κ3) is 3.71. The lowest BCUT2D eigenvalue weighted by atomic mass is 9.87. The zero-order valence-electron chi connectivity index (χ0n) is 11.6. The lowest BCUT2D eigenvalue weighted by Gasteiger charge is -2.25. The van der Waals surface area contributed by atoms with Gasteiger partial charge in [-0.15, -0.1) is 0 Å². The summed E-state index contributed by atoms with van der Waals surface area (Å²) >= 11 is 0. The van der Waals surface area contributed by atoms with Crippen LogP contribution in [-0.2, 0) is 10.0 Å². The van der Waals surface area contributed by atoms with Crippen molar-refractivity contribution in [2.24, 2.45) is 5.92 Å². The summed E-state index contributed by atoms with van der Waals surface area (Å²) in [5, 5.41) is 9.61. The van der Waals surface area contributed by atoms with Crippen LogP contribution in [0.5, 0.6) is 5.75 Å². The number of aliphatic hydroxyl groups is 1. The van der Waals surface area contributed by atoms with Crippen molar-refractivity contribution in [2.75, 3.05) is 13.7 Å². The number of ether oxygens (including phenoxy) is 1. The second kappa shape index (κ2) is 6.56. The molecule has 1 aliphatic carbocycles. The van der Waals surface area contributed by atoms with Crippen LogP contribution >= 0.6 is 0 Å². The van der Waals surface area contributed by atoms with E-state index < -0.39 is 10.0 Å². The molecule has 1 aliphatic rings. The molecule has 2 unspecified atom stereocenters. The fraction of sp³-hybridized carbons (Fsp3) is 0.571. The first kappa shape index (κ1) is 15.3. The molecule has 0 amide bonds. The number of sulfonamides is 1. The molecule has 112 valence electrons. The monoisotopic (exact) mass is 299 g/mol. The van der Waals surface area contributed by atoms with E-state index in [1.165, 1.54) is 13.2 Å². The van der Waals surface area contributed by atoms with E-state index in [9.17, 15) is 13.5 Å². The first-order chi connectivity index (χ1) is 9.53. The number of rotatable bonds is 5. The van der Waals surface area contributed by atoms with Crippen molar-refractivity contribution in [2.45, 2.75) is 36.7 Å². The van der Waals surface area contributed by atoms with Crippen LogP contribution in [0.4, 0.5) is 0 Å². The van der Waals surface area contributed by atoms with Gasteiger partial charge in [-0.2, -0.15) is 0 Å². The average molecular weight is 299 g/mol. The van der Waals surface area contributed by atoms with Gasteiger partial charge in [-0.25, -0.2) is 13.1 Å². The number of para-hydroxylation sites is 1. The third-order valence-corrected chi connectivity index (χ3v) is 5.14. The van der Waals surface area contributed by atoms with Crippen molar-refractivity contribution in [3.05, 3.63) is 24.3 Å². The molecular weight excluding hydrogens is 278 g/mol. The lowest BCUT2D eigenvalue weighted by molar-refractivity contribution is 0.102. The fourth-order valence-corrected chi connectivity index (χ4v) is 3.88. The molecule has 0 radical (unpaired) electrons. The Morgan fingerprint density at radius 2 is 2.10 bits per heavy atom. The molecule has 6 heteroatoms. The Bertz CT molecular complexity index is 544. The highest BCUT2D eigenvalue weighted by molar-refractivity contribution is 7.89. The molecule has 0 aromatic heterocycles. The maximum absolute atomic E-state index is 12.3. The summed E-state index contributed by atoms with van der Waals surface area (Å²) in [5.74, 6) is 0.534. The van der Waals surface area contributed by atoms with Gasteiger partial charge >= 0.3 is 0 Å². The predicted octanol–water partition coefficient (Wildman–Crippen LogP) is 1.52.